The number of carbonyl (C=O) groups excluding carboxylic acids is 2. The molecular formula is C15H10FNNiO4. The van der Waals surface area contributed by atoms with Crippen molar-refractivity contribution in [1.82, 2.24) is 4.57 Å². The van der Waals surface area contributed by atoms with E-state index in [9.17, 15) is 24.2 Å². The molecule has 1 aromatic heterocycles. The van der Waals surface area contributed by atoms with Gasteiger partial charge in [0.2, 0.25) is 5.78 Å². The van der Waals surface area contributed by atoms with Crippen LogP contribution in [0, 0.1) is 5.82 Å². The van der Waals surface area contributed by atoms with Gasteiger partial charge in [0.05, 0.1) is 0 Å². The van der Waals surface area contributed by atoms with E-state index >= 15 is 0 Å². The first-order chi connectivity index (χ1) is 9.97. The molecule has 0 atom stereocenters. The van der Waals surface area contributed by atoms with Crippen molar-refractivity contribution in [2.45, 2.75) is 6.54 Å². The molecule has 0 unspecified atom stereocenters. The van der Waals surface area contributed by atoms with Crippen molar-refractivity contribution in [3.8, 4) is 0 Å². The van der Waals surface area contributed by atoms with Gasteiger partial charge >= 0.3 is 16.5 Å². The van der Waals surface area contributed by atoms with Crippen LogP contribution < -0.4 is 10.2 Å². The van der Waals surface area contributed by atoms with E-state index in [0.717, 1.165) is 5.56 Å². The van der Waals surface area contributed by atoms with Crippen molar-refractivity contribution >= 4 is 17.5 Å². The second-order valence-electron chi connectivity index (χ2n) is 4.31. The molecule has 1 aromatic carbocycles. The van der Waals surface area contributed by atoms with E-state index in [-0.39, 0.29) is 28.0 Å². The molecule has 7 heteroatoms. The Kier molecular flexibility index (Phi) is 6.07. The molecule has 0 radical (unpaired) electrons. The number of ketones is 1. The molecule has 0 saturated carbocycles. The van der Waals surface area contributed by atoms with Crippen LogP contribution in [0.4, 0.5) is 4.39 Å². The van der Waals surface area contributed by atoms with Gasteiger partial charge in [-0.3, -0.25) is 4.79 Å². The average Bonchev–Trinajstić information content (AvgIpc) is 2.89. The number of benzene rings is 1. The third kappa shape index (κ3) is 4.30. The molecule has 22 heavy (non-hydrogen) atoms. The molecule has 1 heterocycles. The summed E-state index contributed by atoms with van der Waals surface area (Å²) >= 11 is 0. The minimum Gasteiger partial charge on any atom is -0.871 e. The van der Waals surface area contributed by atoms with Crippen LogP contribution in [0.3, 0.4) is 0 Å². The summed E-state index contributed by atoms with van der Waals surface area (Å²) in [6.45, 7) is 0.293. The van der Waals surface area contributed by atoms with Crippen LogP contribution in [-0.4, -0.2) is 16.3 Å². The van der Waals surface area contributed by atoms with E-state index in [4.69, 9.17) is 0 Å². The largest absolute Gasteiger partial charge is 2.00 e. The topological polar surface area (TPSA) is 85.2 Å². The van der Waals surface area contributed by atoms with E-state index in [1.807, 2.05) is 0 Å². The van der Waals surface area contributed by atoms with Crippen molar-refractivity contribution in [2.75, 3.05) is 0 Å². The summed E-state index contributed by atoms with van der Waals surface area (Å²) in [5.74, 6) is -4.40. The van der Waals surface area contributed by atoms with E-state index in [1.165, 1.54) is 22.8 Å². The van der Waals surface area contributed by atoms with Gasteiger partial charge in [0.25, 0.3) is 0 Å². The number of carboxylic acids is 1. The number of halogens is 1. The Morgan fingerprint density at radius 3 is 2.36 bits per heavy atom. The summed E-state index contributed by atoms with van der Waals surface area (Å²) in [7, 11) is 0. The molecule has 0 saturated heterocycles. The first-order valence-electron chi connectivity index (χ1n) is 6.01. The van der Waals surface area contributed by atoms with Crippen molar-refractivity contribution in [3.05, 3.63) is 65.7 Å². The quantitative estimate of drug-likeness (QED) is 0.322. The molecule has 2 aromatic rings. The van der Waals surface area contributed by atoms with Gasteiger partial charge in [0.15, 0.2) is 0 Å². The molecule has 0 bridgehead atoms. The zero-order valence-electron chi connectivity index (χ0n) is 11.1. The van der Waals surface area contributed by atoms with E-state index in [0.29, 0.717) is 12.6 Å². The summed E-state index contributed by atoms with van der Waals surface area (Å²) in [5.41, 5.74) is 0.918. The van der Waals surface area contributed by atoms with Crippen LogP contribution >= 0.6 is 0 Å². The van der Waals surface area contributed by atoms with Crippen molar-refractivity contribution < 1.29 is 40.7 Å². The summed E-state index contributed by atoms with van der Waals surface area (Å²) in [5, 5.41) is 22.2. The first kappa shape index (κ1) is 17.7. The smallest absolute Gasteiger partial charge is 0.871 e. The zero-order valence-corrected chi connectivity index (χ0v) is 12.1. The third-order valence-electron chi connectivity index (χ3n) is 2.81. The van der Waals surface area contributed by atoms with Crippen LogP contribution in [0.1, 0.15) is 11.3 Å². The van der Waals surface area contributed by atoms with Crippen molar-refractivity contribution in [3.63, 3.8) is 0 Å². The molecule has 0 aliphatic heterocycles. The second-order valence-corrected chi connectivity index (χ2v) is 4.31. The summed E-state index contributed by atoms with van der Waals surface area (Å²) in [4.78, 5) is 21.3. The third-order valence-corrected chi connectivity index (χ3v) is 2.81. The second kappa shape index (κ2) is 7.57. The van der Waals surface area contributed by atoms with Gasteiger partial charge in [-0.2, -0.15) is 0 Å². The van der Waals surface area contributed by atoms with E-state index in [2.05, 4.69) is 0 Å². The molecule has 0 aliphatic carbocycles. The number of nitrogens with zero attached hydrogens (tertiary/aromatic N) is 1. The fraction of sp³-hybridized carbons (Fsp3) is 0.0667. The summed E-state index contributed by atoms with van der Waals surface area (Å²) in [6, 6.07) is 8.79. The molecule has 0 fully saturated rings. The number of hydrogen-bond acceptors (Lipinski definition) is 4. The number of aromatic nitrogens is 1. The maximum Gasteiger partial charge on any atom is 2.00 e. The number of hydrogen-bond donors (Lipinski definition) is 0. The van der Waals surface area contributed by atoms with Crippen molar-refractivity contribution in [1.29, 1.82) is 0 Å². The van der Waals surface area contributed by atoms with Gasteiger partial charge < -0.3 is 19.6 Å². The Bertz CT molecular complexity index is 707. The number of aliphatic carboxylic acids is 1. The molecular weight excluding hydrogens is 336 g/mol. The van der Waals surface area contributed by atoms with Crippen molar-refractivity contribution in [2.24, 2.45) is 0 Å². The summed E-state index contributed by atoms with van der Waals surface area (Å²) < 4.78 is 14.4. The molecule has 0 amide bonds. The van der Waals surface area contributed by atoms with Gasteiger partial charge in [-0.15, -0.1) is 0 Å². The van der Waals surface area contributed by atoms with Gasteiger partial charge in [-0.25, -0.2) is 4.39 Å². The minimum atomic E-state index is -1.93. The zero-order chi connectivity index (χ0) is 15.4. The van der Waals surface area contributed by atoms with Gasteiger partial charge in [-0.1, -0.05) is 17.9 Å². The van der Waals surface area contributed by atoms with Crippen LogP contribution in [0.2, 0.25) is 0 Å². The molecule has 0 aliphatic rings. The normalized spacial score (nSPS) is 10.9. The van der Waals surface area contributed by atoms with Crippen LogP contribution in [-0.2, 0) is 32.6 Å². The average molecular weight is 346 g/mol. The standard InChI is InChI=1S/C15H12FNO4.Ni/c16-11-5-3-10(4-6-11)9-17-7-1-2-12(17)13(18)8-14(19)15(20)21;/h1-8,18H,9H2,(H,20,21);/q;+2/p-2/b13-8-;. The van der Waals surface area contributed by atoms with E-state index < -0.39 is 17.5 Å². The van der Waals surface area contributed by atoms with Gasteiger partial charge in [0.1, 0.15) is 11.8 Å². The number of carbonyl (C=O) groups is 2. The molecule has 0 spiro atoms. The predicted octanol–water partition coefficient (Wildman–Crippen LogP) is -0.307. The molecule has 116 valence electrons. The Balaban J connectivity index is 0.00000242. The minimum absolute atomic E-state index is 0. The number of rotatable bonds is 5. The Morgan fingerprint density at radius 2 is 1.77 bits per heavy atom. The molecule has 5 nitrogen and oxygen atoms in total. The molecule has 2 rings (SSSR count). The van der Waals surface area contributed by atoms with E-state index in [1.54, 1.807) is 24.4 Å². The Hall–Kier alpha value is -2.40. The summed E-state index contributed by atoms with van der Waals surface area (Å²) in [6.07, 6.45) is 2.08. The predicted molar refractivity (Wildman–Crippen MR) is 67.9 cm³/mol. The SMILES string of the molecule is O=C([O-])C(=O)/C=C(\[O-])c1cccn1Cc1ccc(F)cc1.[Ni+2]. The Labute approximate surface area is 135 Å². The first-order valence-corrected chi connectivity index (χ1v) is 6.01. The fourth-order valence-electron chi connectivity index (χ4n) is 1.81. The maximum atomic E-state index is 12.8. The van der Waals surface area contributed by atoms with Gasteiger partial charge in [-0.05, 0) is 35.9 Å². The van der Waals surface area contributed by atoms with Crippen LogP contribution in [0.15, 0.2) is 48.7 Å². The van der Waals surface area contributed by atoms with Crippen LogP contribution in [0.5, 0.6) is 0 Å². The maximum absolute atomic E-state index is 12.8. The van der Waals surface area contributed by atoms with Gasteiger partial charge in [0, 0.05) is 18.4 Å². The number of carboxylic acid groups (broad SMARTS) is 1. The van der Waals surface area contributed by atoms with Crippen LogP contribution in [0.25, 0.3) is 5.76 Å². The fourth-order valence-corrected chi connectivity index (χ4v) is 1.81. The Morgan fingerprint density at radius 1 is 1.14 bits per heavy atom. The molecule has 0 N–H and O–H groups in total. The monoisotopic (exact) mass is 345 g/mol.